The topological polar surface area (TPSA) is 115 Å². The molecule has 0 fully saturated rings. The minimum Gasteiger partial charge on any atom is -0.481 e. The van der Waals surface area contributed by atoms with Crippen molar-refractivity contribution in [3.05, 3.63) is 214 Å². The number of carbonyl (C=O) groups is 2. The van der Waals surface area contributed by atoms with Gasteiger partial charge in [0.05, 0.1) is 11.8 Å². The number of aliphatic hydroxyl groups excluding tert-OH is 2. The van der Waals surface area contributed by atoms with Gasteiger partial charge in [-0.1, -0.05) is 258 Å². The summed E-state index contributed by atoms with van der Waals surface area (Å²) in [5, 5.41) is 32.5. The van der Waals surface area contributed by atoms with Gasteiger partial charge in [0, 0.05) is 17.7 Å². The number of benzene rings is 6. The minimum atomic E-state index is -0.671. The molecule has 6 aromatic carbocycles. The van der Waals surface area contributed by atoms with Gasteiger partial charge in [0.2, 0.25) is 0 Å². The maximum Gasteiger partial charge on any atom is 0.306 e. The smallest absolute Gasteiger partial charge is 0.306 e. The zero-order chi connectivity index (χ0) is 49.8. The first-order chi connectivity index (χ1) is 32.5. The number of carboxylic acids is 2. The highest BCUT2D eigenvalue weighted by Gasteiger charge is 2.11. The van der Waals surface area contributed by atoms with Gasteiger partial charge in [0.1, 0.15) is 0 Å². The van der Waals surface area contributed by atoms with Crippen LogP contribution in [0.1, 0.15) is 113 Å². The molecule has 7 heteroatoms. The Bertz CT molecular complexity index is 1920. The third-order valence-corrected chi connectivity index (χ3v) is 9.92. The molecule has 0 spiro atoms. The molecule has 0 saturated carbocycles. The molecule has 0 bridgehead atoms. The molecular weight excluding hydrogens is 897 g/mol. The van der Waals surface area contributed by atoms with Crippen LogP contribution in [-0.2, 0) is 9.59 Å². The van der Waals surface area contributed by atoms with Crippen molar-refractivity contribution in [2.24, 2.45) is 11.8 Å². The average Bonchev–Trinajstić information content (AvgIpc) is 3.38. The molecule has 0 aromatic heterocycles. The number of rotatable bonds is 14. The van der Waals surface area contributed by atoms with Gasteiger partial charge in [-0.25, -0.2) is 0 Å². The summed E-state index contributed by atoms with van der Waals surface area (Å²) in [5.41, 5.74) is 7.36. The monoisotopic (exact) mass is 970 g/mol. The highest BCUT2D eigenvalue weighted by Crippen LogP contribution is 2.14. The maximum atomic E-state index is 10.2. The fourth-order valence-electron chi connectivity index (χ4n) is 5.25. The molecule has 358 valence electrons. The van der Waals surface area contributed by atoms with Crippen molar-refractivity contribution in [1.29, 1.82) is 0 Å². The first kappa shape index (κ1) is 60.9. The van der Waals surface area contributed by atoms with Gasteiger partial charge < -0.3 is 20.4 Å². The van der Waals surface area contributed by atoms with Crippen LogP contribution in [0.25, 0.3) is 36.5 Å². The van der Waals surface area contributed by atoms with E-state index in [1.165, 1.54) is 33.4 Å². The molecule has 0 aliphatic carbocycles. The summed E-state index contributed by atoms with van der Waals surface area (Å²) in [7, 11) is 0. The van der Waals surface area contributed by atoms with Crippen LogP contribution in [0.2, 0.25) is 0 Å². The Balaban J connectivity index is 0.000000796. The SMILES string of the molecule is Brc1ccc(C=Cc2ccccc2)cc1.C(=Cc1ccccc1)c1ccccc1.C(=Cc1ccccc1)c1ccccc1.CCC(CC)C(=O)O.CCC(CC)C(=O)O.CCCO.CCCO. The molecular formula is C60H75BrO6. The van der Waals surface area contributed by atoms with E-state index in [1.54, 1.807) is 0 Å². The lowest BCUT2D eigenvalue weighted by molar-refractivity contribution is -0.142. The number of aliphatic carboxylic acids is 2. The van der Waals surface area contributed by atoms with Gasteiger partial charge >= 0.3 is 11.9 Å². The predicted octanol–water partition coefficient (Wildman–Crippen LogP) is 16.1. The van der Waals surface area contributed by atoms with Crippen molar-refractivity contribution >= 4 is 64.3 Å². The van der Waals surface area contributed by atoms with E-state index in [0.717, 1.165) is 43.0 Å². The summed E-state index contributed by atoms with van der Waals surface area (Å²) >= 11 is 3.42. The fourth-order valence-corrected chi connectivity index (χ4v) is 5.51. The molecule has 0 radical (unpaired) electrons. The summed E-state index contributed by atoms with van der Waals surface area (Å²) in [4.78, 5) is 20.3. The van der Waals surface area contributed by atoms with E-state index >= 15 is 0 Å². The Hall–Kier alpha value is -6.12. The van der Waals surface area contributed by atoms with E-state index in [2.05, 4.69) is 125 Å². The molecule has 4 N–H and O–H groups in total. The van der Waals surface area contributed by atoms with E-state index in [9.17, 15) is 9.59 Å². The van der Waals surface area contributed by atoms with Crippen LogP contribution in [0, 0.1) is 11.8 Å². The Morgan fingerprint density at radius 2 is 0.552 bits per heavy atom. The lowest BCUT2D eigenvalue weighted by Gasteiger charge is -2.02. The van der Waals surface area contributed by atoms with Crippen LogP contribution < -0.4 is 0 Å². The van der Waals surface area contributed by atoms with Crippen molar-refractivity contribution in [3.63, 3.8) is 0 Å². The quantitative estimate of drug-likeness (QED) is 0.0809. The molecule has 0 aliphatic heterocycles. The highest BCUT2D eigenvalue weighted by atomic mass is 79.9. The second-order valence-electron chi connectivity index (χ2n) is 14.8. The highest BCUT2D eigenvalue weighted by molar-refractivity contribution is 9.10. The minimum absolute atomic E-state index is 0.130. The average molecular weight is 972 g/mol. The first-order valence-electron chi connectivity index (χ1n) is 23.2. The Morgan fingerprint density at radius 3 is 0.687 bits per heavy atom. The molecule has 6 rings (SSSR count). The summed E-state index contributed by atoms with van der Waals surface area (Å²) in [5.74, 6) is -1.60. The molecule has 6 nitrogen and oxygen atoms in total. The molecule has 0 heterocycles. The van der Waals surface area contributed by atoms with Crippen LogP contribution in [-0.4, -0.2) is 45.6 Å². The van der Waals surface area contributed by atoms with Crippen molar-refractivity contribution in [2.75, 3.05) is 13.2 Å². The van der Waals surface area contributed by atoms with E-state index in [4.69, 9.17) is 20.4 Å². The third-order valence-electron chi connectivity index (χ3n) is 9.39. The molecule has 0 aliphatic rings. The van der Waals surface area contributed by atoms with Gasteiger partial charge in [0.25, 0.3) is 0 Å². The van der Waals surface area contributed by atoms with Gasteiger partial charge in [-0.2, -0.15) is 0 Å². The van der Waals surface area contributed by atoms with Crippen LogP contribution in [0.5, 0.6) is 0 Å². The van der Waals surface area contributed by atoms with Gasteiger partial charge in [0.15, 0.2) is 0 Å². The number of hydrogen-bond donors (Lipinski definition) is 4. The Labute approximate surface area is 411 Å². The maximum absolute atomic E-state index is 10.2. The van der Waals surface area contributed by atoms with Crippen molar-refractivity contribution < 1.29 is 30.0 Å². The van der Waals surface area contributed by atoms with Crippen LogP contribution in [0.15, 0.2) is 180 Å². The van der Waals surface area contributed by atoms with E-state index in [0.29, 0.717) is 13.2 Å². The van der Waals surface area contributed by atoms with Gasteiger partial charge in [-0.05, 0) is 84.0 Å². The normalized spacial score (nSPS) is 10.1. The number of halogens is 1. The molecule has 0 saturated heterocycles. The van der Waals surface area contributed by atoms with Gasteiger partial charge in [-0.15, -0.1) is 0 Å². The summed E-state index contributed by atoms with van der Waals surface area (Å²) in [6.45, 7) is 12.1. The van der Waals surface area contributed by atoms with E-state index in [-0.39, 0.29) is 11.8 Å². The summed E-state index contributed by atoms with van der Waals surface area (Å²) in [6.07, 6.45) is 17.4. The lowest BCUT2D eigenvalue weighted by Crippen LogP contribution is -2.10. The van der Waals surface area contributed by atoms with Crippen molar-refractivity contribution in [3.8, 4) is 0 Å². The Kier molecular flexibility index (Phi) is 38.6. The van der Waals surface area contributed by atoms with Crippen molar-refractivity contribution in [2.45, 2.75) is 80.1 Å². The zero-order valence-electron chi connectivity index (χ0n) is 40.5. The van der Waals surface area contributed by atoms with Crippen LogP contribution in [0.3, 0.4) is 0 Å². The second-order valence-corrected chi connectivity index (χ2v) is 15.7. The second kappa shape index (κ2) is 42.5. The van der Waals surface area contributed by atoms with Crippen molar-refractivity contribution in [1.82, 2.24) is 0 Å². The predicted molar refractivity (Wildman–Crippen MR) is 291 cm³/mol. The molecule has 0 unspecified atom stereocenters. The third kappa shape index (κ3) is 33.9. The van der Waals surface area contributed by atoms with Crippen LogP contribution >= 0.6 is 15.9 Å². The van der Waals surface area contributed by atoms with Crippen LogP contribution in [0.4, 0.5) is 0 Å². The van der Waals surface area contributed by atoms with E-state index < -0.39 is 11.9 Å². The zero-order valence-corrected chi connectivity index (χ0v) is 42.1. The summed E-state index contributed by atoms with van der Waals surface area (Å²) < 4.78 is 1.11. The Morgan fingerprint density at radius 1 is 0.373 bits per heavy atom. The standard InChI is InChI=1S/C14H11Br.2C14H12.2C6H12O2.2C3H8O/c15-14-10-8-13(9-11-14)7-6-12-4-2-1-3-5-12;2*1-3-7-13(8-4-1)11-12-14-9-5-2-6-10-14;2*1-3-5(4-2)6(7)8;2*1-2-3-4/h1-11H;2*1-12H;2*5H,3-4H2,1-2H3,(H,7,8);2*4H,2-3H2,1H3. The largest absolute Gasteiger partial charge is 0.481 e. The summed E-state index contributed by atoms with van der Waals surface area (Å²) in [6, 6.07) is 59.8. The molecule has 6 aromatic rings. The van der Waals surface area contributed by atoms with E-state index in [1.807, 2.05) is 145 Å². The number of aliphatic hydroxyl groups is 2. The molecule has 0 atom stereocenters. The fraction of sp³-hybridized carbons (Fsp3) is 0.267. The number of carboxylic acid groups (broad SMARTS) is 2. The lowest BCUT2D eigenvalue weighted by atomic mass is 10.1. The molecule has 67 heavy (non-hydrogen) atoms. The first-order valence-corrected chi connectivity index (χ1v) is 24.0. The number of hydrogen-bond acceptors (Lipinski definition) is 4. The van der Waals surface area contributed by atoms with Gasteiger partial charge in [-0.3, -0.25) is 9.59 Å². The molecule has 0 amide bonds.